The van der Waals surface area contributed by atoms with Crippen LogP contribution in [0.3, 0.4) is 0 Å². The van der Waals surface area contributed by atoms with Crippen molar-refractivity contribution in [1.29, 1.82) is 0 Å². The summed E-state index contributed by atoms with van der Waals surface area (Å²) in [5.74, 6) is 1.68. The van der Waals surface area contributed by atoms with Gasteiger partial charge in [0, 0.05) is 50.2 Å². The molecule has 0 aliphatic carbocycles. The second kappa shape index (κ2) is 8.66. The van der Waals surface area contributed by atoms with E-state index in [0.29, 0.717) is 18.1 Å². The van der Waals surface area contributed by atoms with Gasteiger partial charge in [0.05, 0.1) is 0 Å². The summed E-state index contributed by atoms with van der Waals surface area (Å²) in [6.07, 6.45) is 8.90. The average molecular weight is 360 g/mol. The summed E-state index contributed by atoms with van der Waals surface area (Å²) in [6.45, 7) is 13.8. The molecular weight excluding hydrogens is 322 g/mol. The molecule has 2 fully saturated rings. The predicted octanol–water partition coefficient (Wildman–Crippen LogP) is 3.06. The SMILES string of the molecule is CC(C)CN(C)CCCc1cnc(N2C3CCC2CN(C(C)C)C3)nc1. The van der Waals surface area contributed by atoms with Crippen molar-refractivity contribution in [3.05, 3.63) is 18.0 Å². The second-order valence-electron chi connectivity index (χ2n) is 8.99. The number of aryl methyl sites for hydroxylation is 1. The minimum absolute atomic E-state index is 0.590. The molecule has 0 amide bonds. The third-order valence-electron chi connectivity index (χ3n) is 5.85. The van der Waals surface area contributed by atoms with E-state index in [1.807, 2.05) is 0 Å². The smallest absolute Gasteiger partial charge is 0.225 e. The summed E-state index contributed by atoms with van der Waals surface area (Å²) in [5, 5.41) is 0. The van der Waals surface area contributed by atoms with E-state index in [4.69, 9.17) is 9.97 Å². The van der Waals surface area contributed by atoms with Gasteiger partial charge in [0.1, 0.15) is 0 Å². The topological polar surface area (TPSA) is 35.5 Å². The first kappa shape index (κ1) is 19.6. The van der Waals surface area contributed by atoms with Crippen LogP contribution in [-0.2, 0) is 6.42 Å². The molecule has 0 radical (unpaired) electrons. The fourth-order valence-electron chi connectivity index (χ4n) is 4.56. The highest BCUT2D eigenvalue weighted by atomic mass is 15.4. The van der Waals surface area contributed by atoms with Gasteiger partial charge in [0.25, 0.3) is 0 Å². The fourth-order valence-corrected chi connectivity index (χ4v) is 4.56. The van der Waals surface area contributed by atoms with Crippen LogP contribution in [0, 0.1) is 5.92 Å². The molecule has 3 rings (SSSR count). The number of nitrogens with zero attached hydrogens (tertiary/aromatic N) is 5. The second-order valence-corrected chi connectivity index (χ2v) is 8.99. The van der Waals surface area contributed by atoms with Crippen LogP contribution in [0.4, 0.5) is 5.95 Å². The molecule has 1 aromatic rings. The summed E-state index contributed by atoms with van der Waals surface area (Å²) in [7, 11) is 2.21. The number of hydrogen-bond donors (Lipinski definition) is 0. The van der Waals surface area contributed by atoms with Crippen molar-refractivity contribution in [2.45, 2.75) is 71.5 Å². The Morgan fingerprint density at radius 3 is 2.23 bits per heavy atom. The lowest BCUT2D eigenvalue weighted by atomic mass is 10.1. The summed E-state index contributed by atoms with van der Waals surface area (Å²) in [4.78, 5) is 17.0. The Morgan fingerprint density at radius 1 is 1.08 bits per heavy atom. The van der Waals surface area contributed by atoms with Gasteiger partial charge in [-0.25, -0.2) is 9.97 Å². The minimum atomic E-state index is 0.590. The van der Waals surface area contributed by atoms with Gasteiger partial charge in [-0.3, -0.25) is 4.90 Å². The summed E-state index contributed by atoms with van der Waals surface area (Å²) >= 11 is 0. The Hall–Kier alpha value is -1.20. The number of piperazine rings is 1. The Morgan fingerprint density at radius 2 is 1.69 bits per heavy atom. The number of likely N-dealkylation sites (tertiary alicyclic amines) is 1. The zero-order valence-corrected chi connectivity index (χ0v) is 17.4. The molecule has 5 nitrogen and oxygen atoms in total. The molecule has 3 heterocycles. The number of aromatic nitrogens is 2. The van der Waals surface area contributed by atoms with Crippen LogP contribution in [0.1, 0.15) is 52.5 Å². The Kier molecular flexibility index (Phi) is 6.51. The highest BCUT2D eigenvalue weighted by molar-refractivity contribution is 5.37. The van der Waals surface area contributed by atoms with Crippen LogP contribution in [0.5, 0.6) is 0 Å². The van der Waals surface area contributed by atoms with Crippen molar-refractivity contribution in [2.75, 3.05) is 38.1 Å². The first-order chi connectivity index (χ1) is 12.4. The van der Waals surface area contributed by atoms with Crippen LogP contribution in [-0.4, -0.2) is 71.1 Å². The summed E-state index contributed by atoms with van der Waals surface area (Å²) in [6, 6.07) is 1.82. The van der Waals surface area contributed by atoms with E-state index in [0.717, 1.165) is 37.9 Å². The molecule has 2 bridgehead atoms. The van der Waals surface area contributed by atoms with E-state index in [2.05, 4.69) is 61.8 Å². The molecule has 0 saturated carbocycles. The van der Waals surface area contributed by atoms with Gasteiger partial charge in [-0.15, -0.1) is 0 Å². The Bertz CT molecular complexity index is 542. The lowest BCUT2D eigenvalue weighted by Gasteiger charge is -2.42. The van der Waals surface area contributed by atoms with Gasteiger partial charge in [-0.05, 0) is 64.6 Å². The van der Waals surface area contributed by atoms with Crippen molar-refractivity contribution in [3.63, 3.8) is 0 Å². The molecule has 2 aliphatic rings. The maximum atomic E-state index is 4.74. The third-order valence-corrected chi connectivity index (χ3v) is 5.85. The summed E-state index contributed by atoms with van der Waals surface area (Å²) < 4.78 is 0. The van der Waals surface area contributed by atoms with Crippen LogP contribution in [0.2, 0.25) is 0 Å². The first-order valence-corrected chi connectivity index (χ1v) is 10.5. The summed E-state index contributed by atoms with van der Waals surface area (Å²) in [5.41, 5.74) is 1.26. The maximum Gasteiger partial charge on any atom is 0.225 e. The van der Waals surface area contributed by atoms with E-state index >= 15 is 0 Å². The zero-order valence-electron chi connectivity index (χ0n) is 17.4. The van der Waals surface area contributed by atoms with E-state index < -0.39 is 0 Å². The number of fused-ring (bicyclic) bond motifs is 2. The predicted molar refractivity (Wildman–Crippen MR) is 109 cm³/mol. The number of anilines is 1. The normalized spacial score (nSPS) is 23.6. The molecule has 2 unspecified atom stereocenters. The zero-order chi connectivity index (χ0) is 18.7. The maximum absolute atomic E-state index is 4.74. The van der Waals surface area contributed by atoms with Gasteiger partial charge in [0.15, 0.2) is 0 Å². The van der Waals surface area contributed by atoms with Crippen LogP contribution in [0.15, 0.2) is 12.4 Å². The van der Waals surface area contributed by atoms with E-state index in [1.165, 1.54) is 31.4 Å². The van der Waals surface area contributed by atoms with Crippen molar-refractivity contribution in [1.82, 2.24) is 19.8 Å². The number of rotatable bonds is 8. The third kappa shape index (κ3) is 4.74. The molecule has 0 N–H and O–H groups in total. The van der Waals surface area contributed by atoms with Gasteiger partial charge in [-0.1, -0.05) is 13.8 Å². The fraction of sp³-hybridized carbons (Fsp3) is 0.810. The molecule has 0 spiro atoms. The largest absolute Gasteiger partial charge is 0.332 e. The highest BCUT2D eigenvalue weighted by Gasteiger charge is 2.41. The van der Waals surface area contributed by atoms with Crippen molar-refractivity contribution in [2.24, 2.45) is 5.92 Å². The Balaban J connectivity index is 1.52. The number of hydrogen-bond acceptors (Lipinski definition) is 5. The Labute approximate surface area is 159 Å². The van der Waals surface area contributed by atoms with Gasteiger partial charge in [0.2, 0.25) is 5.95 Å². The molecule has 2 aliphatic heterocycles. The molecule has 1 aromatic heterocycles. The molecule has 146 valence electrons. The molecule has 26 heavy (non-hydrogen) atoms. The van der Waals surface area contributed by atoms with E-state index in [1.54, 1.807) is 0 Å². The lowest BCUT2D eigenvalue weighted by molar-refractivity contribution is 0.176. The molecular formula is C21H37N5. The molecule has 2 atom stereocenters. The van der Waals surface area contributed by atoms with Gasteiger partial charge >= 0.3 is 0 Å². The molecule has 5 heteroatoms. The first-order valence-electron chi connectivity index (χ1n) is 10.5. The van der Waals surface area contributed by atoms with Crippen molar-refractivity contribution in [3.8, 4) is 0 Å². The standard InChI is InChI=1S/C21H37N5/c1-16(2)13-24(5)10-6-7-18-11-22-21(23-12-18)26-19-8-9-20(26)15-25(14-19)17(3)4/h11-12,16-17,19-20H,6-10,13-15H2,1-5H3. The van der Waals surface area contributed by atoms with Gasteiger partial charge < -0.3 is 9.80 Å². The van der Waals surface area contributed by atoms with Crippen LogP contribution >= 0.6 is 0 Å². The molecule has 0 aromatic carbocycles. The van der Waals surface area contributed by atoms with Crippen molar-refractivity contribution >= 4 is 5.95 Å². The van der Waals surface area contributed by atoms with E-state index in [-0.39, 0.29) is 0 Å². The average Bonchev–Trinajstić information content (AvgIpc) is 2.84. The quantitative estimate of drug-likeness (QED) is 0.713. The lowest BCUT2D eigenvalue weighted by Crippen LogP contribution is -2.56. The van der Waals surface area contributed by atoms with Crippen molar-refractivity contribution < 1.29 is 0 Å². The van der Waals surface area contributed by atoms with E-state index in [9.17, 15) is 0 Å². The monoisotopic (exact) mass is 359 g/mol. The van der Waals surface area contributed by atoms with Crippen LogP contribution < -0.4 is 4.90 Å². The highest BCUT2D eigenvalue weighted by Crippen LogP contribution is 2.33. The molecule has 2 saturated heterocycles. The minimum Gasteiger partial charge on any atom is -0.332 e. The van der Waals surface area contributed by atoms with Crippen LogP contribution in [0.25, 0.3) is 0 Å². The van der Waals surface area contributed by atoms with Gasteiger partial charge in [-0.2, -0.15) is 0 Å².